The molecule has 0 saturated heterocycles. The highest BCUT2D eigenvalue weighted by atomic mass is 32.2. The van der Waals surface area contributed by atoms with Crippen LogP contribution in [0.2, 0.25) is 0 Å². The Labute approximate surface area is 118 Å². The van der Waals surface area contributed by atoms with Crippen molar-refractivity contribution in [3.63, 3.8) is 0 Å². The van der Waals surface area contributed by atoms with Gasteiger partial charge in [-0.1, -0.05) is 13.8 Å². The Bertz CT molecular complexity index is 625. The molecule has 0 aliphatic carbocycles. The van der Waals surface area contributed by atoms with Crippen LogP contribution in [0.15, 0.2) is 23.1 Å². The molecule has 6 nitrogen and oxygen atoms in total. The standard InChI is InChI=1S/C13H18N2O4S/c1-8(2)7-14-20(17,18)10-4-5-11-12(6-10)19-9(3)13(16)15-11/h4-6,8-9,14H,7H2,1-3H3,(H,15,16)/t9-/m0/s1. The van der Waals surface area contributed by atoms with Crippen LogP contribution in [0.4, 0.5) is 5.69 Å². The smallest absolute Gasteiger partial charge is 0.265 e. The molecule has 1 aromatic rings. The van der Waals surface area contributed by atoms with Crippen LogP contribution >= 0.6 is 0 Å². The van der Waals surface area contributed by atoms with Crippen molar-refractivity contribution < 1.29 is 17.9 Å². The van der Waals surface area contributed by atoms with Crippen molar-refractivity contribution in [2.45, 2.75) is 31.8 Å². The molecule has 1 aliphatic rings. The third-order valence-electron chi connectivity index (χ3n) is 2.88. The topological polar surface area (TPSA) is 84.5 Å². The van der Waals surface area contributed by atoms with Crippen LogP contribution in [0, 0.1) is 5.92 Å². The van der Waals surface area contributed by atoms with Crippen LogP contribution in [0.3, 0.4) is 0 Å². The van der Waals surface area contributed by atoms with Gasteiger partial charge in [0.15, 0.2) is 6.10 Å². The van der Waals surface area contributed by atoms with E-state index in [1.807, 2.05) is 13.8 Å². The lowest BCUT2D eigenvalue weighted by Crippen LogP contribution is -2.34. The average molecular weight is 298 g/mol. The summed E-state index contributed by atoms with van der Waals surface area (Å²) >= 11 is 0. The average Bonchev–Trinajstić information content (AvgIpc) is 2.37. The number of amides is 1. The second kappa shape index (κ2) is 5.41. The molecule has 2 N–H and O–H groups in total. The molecule has 20 heavy (non-hydrogen) atoms. The minimum Gasteiger partial charge on any atom is -0.479 e. The van der Waals surface area contributed by atoms with Gasteiger partial charge in [-0.15, -0.1) is 0 Å². The summed E-state index contributed by atoms with van der Waals surface area (Å²) in [4.78, 5) is 11.6. The molecule has 0 aromatic heterocycles. The molecule has 1 aliphatic heterocycles. The minimum absolute atomic E-state index is 0.125. The zero-order valence-corrected chi connectivity index (χ0v) is 12.5. The Morgan fingerprint density at radius 1 is 1.40 bits per heavy atom. The van der Waals surface area contributed by atoms with Gasteiger partial charge in [-0.3, -0.25) is 4.79 Å². The van der Waals surface area contributed by atoms with Crippen LogP contribution in [0.1, 0.15) is 20.8 Å². The molecule has 0 unspecified atom stereocenters. The van der Waals surface area contributed by atoms with E-state index in [4.69, 9.17) is 4.74 Å². The van der Waals surface area contributed by atoms with Gasteiger partial charge < -0.3 is 10.1 Å². The van der Waals surface area contributed by atoms with E-state index in [9.17, 15) is 13.2 Å². The molecule has 0 saturated carbocycles. The van der Waals surface area contributed by atoms with Crippen molar-refractivity contribution in [1.29, 1.82) is 0 Å². The van der Waals surface area contributed by atoms with Gasteiger partial charge in [-0.25, -0.2) is 13.1 Å². The summed E-state index contributed by atoms with van der Waals surface area (Å²) in [5.74, 6) is 0.341. The van der Waals surface area contributed by atoms with E-state index in [1.165, 1.54) is 18.2 Å². The fraction of sp³-hybridized carbons (Fsp3) is 0.462. The van der Waals surface area contributed by atoms with Crippen molar-refractivity contribution in [1.82, 2.24) is 4.72 Å². The maximum atomic E-state index is 12.1. The Balaban J connectivity index is 2.27. The highest BCUT2D eigenvalue weighted by Crippen LogP contribution is 2.31. The Morgan fingerprint density at radius 3 is 2.75 bits per heavy atom. The molecule has 0 fully saturated rings. The zero-order chi connectivity index (χ0) is 14.9. The van der Waals surface area contributed by atoms with E-state index in [0.717, 1.165) is 0 Å². The SMILES string of the molecule is CC(C)CNS(=O)(=O)c1ccc2c(c1)O[C@@H](C)C(=O)N2. The van der Waals surface area contributed by atoms with Crippen molar-refractivity contribution in [3.05, 3.63) is 18.2 Å². The van der Waals surface area contributed by atoms with Gasteiger partial charge in [-0.05, 0) is 25.0 Å². The van der Waals surface area contributed by atoms with Gasteiger partial charge in [0.25, 0.3) is 5.91 Å². The summed E-state index contributed by atoms with van der Waals surface area (Å²) in [6, 6.07) is 4.40. The molecule has 0 bridgehead atoms. The van der Waals surface area contributed by atoms with Crippen molar-refractivity contribution in [3.8, 4) is 5.75 Å². The number of carbonyl (C=O) groups is 1. The second-order valence-corrected chi connectivity index (χ2v) is 6.92. The summed E-state index contributed by atoms with van der Waals surface area (Å²) in [7, 11) is -3.56. The summed E-state index contributed by atoms with van der Waals surface area (Å²) in [6.07, 6.45) is -0.635. The molecule has 7 heteroatoms. The van der Waals surface area contributed by atoms with E-state index in [0.29, 0.717) is 18.0 Å². The lowest BCUT2D eigenvalue weighted by molar-refractivity contribution is -0.122. The summed E-state index contributed by atoms with van der Waals surface area (Å²) in [5, 5.41) is 2.66. The van der Waals surface area contributed by atoms with Gasteiger partial charge >= 0.3 is 0 Å². The molecule has 1 heterocycles. The lowest BCUT2D eigenvalue weighted by atomic mass is 10.2. The van der Waals surface area contributed by atoms with Gasteiger partial charge in [-0.2, -0.15) is 0 Å². The molecular formula is C13H18N2O4S. The zero-order valence-electron chi connectivity index (χ0n) is 11.6. The summed E-state index contributed by atoms with van der Waals surface area (Å²) in [6.45, 7) is 5.83. The number of nitrogens with one attached hydrogen (secondary N) is 2. The van der Waals surface area contributed by atoms with Crippen LogP contribution in [0.5, 0.6) is 5.75 Å². The Morgan fingerprint density at radius 2 is 2.10 bits per heavy atom. The predicted octanol–water partition coefficient (Wildman–Crippen LogP) is 1.34. The molecular weight excluding hydrogens is 280 g/mol. The maximum absolute atomic E-state index is 12.1. The fourth-order valence-corrected chi connectivity index (χ4v) is 2.94. The van der Waals surface area contributed by atoms with E-state index in [-0.39, 0.29) is 16.7 Å². The van der Waals surface area contributed by atoms with Crippen LogP contribution in [-0.4, -0.2) is 27.0 Å². The lowest BCUT2D eigenvalue weighted by Gasteiger charge is -2.23. The Hall–Kier alpha value is -1.60. The summed E-state index contributed by atoms with van der Waals surface area (Å²) in [5.41, 5.74) is 0.482. The first-order valence-corrected chi connectivity index (χ1v) is 7.89. The maximum Gasteiger partial charge on any atom is 0.265 e. The van der Waals surface area contributed by atoms with E-state index < -0.39 is 16.1 Å². The molecule has 0 spiro atoms. The highest BCUT2D eigenvalue weighted by molar-refractivity contribution is 7.89. The van der Waals surface area contributed by atoms with Crippen molar-refractivity contribution in [2.75, 3.05) is 11.9 Å². The quantitative estimate of drug-likeness (QED) is 0.878. The van der Waals surface area contributed by atoms with E-state index in [2.05, 4.69) is 10.0 Å². The molecule has 110 valence electrons. The number of hydrogen-bond acceptors (Lipinski definition) is 4. The molecule has 1 aromatic carbocycles. The number of hydrogen-bond donors (Lipinski definition) is 2. The number of rotatable bonds is 4. The van der Waals surface area contributed by atoms with Gasteiger partial charge in [0.1, 0.15) is 5.75 Å². The predicted molar refractivity (Wildman–Crippen MR) is 75.2 cm³/mol. The number of anilines is 1. The molecule has 1 amide bonds. The first kappa shape index (κ1) is 14.8. The van der Waals surface area contributed by atoms with Crippen molar-refractivity contribution in [2.24, 2.45) is 5.92 Å². The second-order valence-electron chi connectivity index (χ2n) is 5.15. The van der Waals surface area contributed by atoms with Gasteiger partial charge in [0, 0.05) is 12.6 Å². The fourth-order valence-electron chi connectivity index (χ4n) is 1.71. The minimum atomic E-state index is -3.56. The first-order chi connectivity index (χ1) is 9.29. The number of benzene rings is 1. The van der Waals surface area contributed by atoms with Crippen LogP contribution in [0.25, 0.3) is 0 Å². The molecule has 1 atom stereocenters. The van der Waals surface area contributed by atoms with Gasteiger partial charge in [0.05, 0.1) is 10.6 Å². The van der Waals surface area contributed by atoms with Gasteiger partial charge in [0.2, 0.25) is 10.0 Å². The number of sulfonamides is 1. The van der Waals surface area contributed by atoms with E-state index in [1.54, 1.807) is 6.92 Å². The van der Waals surface area contributed by atoms with Crippen LogP contribution in [-0.2, 0) is 14.8 Å². The number of fused-ring (bicyclic) bond motifs is 1. The van der Waals surface area contributed by atoms with Crippen molar-refractivity contribution >= 4 is 21.6 Å². The third-order valence-corrected chi connectivity index (χ3v) is 4.30. The normalized spacial score (nSPS) is 18.4. The largest absolute Gasteiger partial charge is 0.479 e. The number of ether oxygens (including phenoxy) is 1. The highest BCUT2D eigenvalue weighted by Gasteiger charge is 2.25. The number of carbonyl (C=O) groups excluding carboxylic acids is 1. The Kier molecular flexibility index (Phi) is 4.01. The van der Waals surface area contributed by atoms with E-state index >= 15 is 0 Å². The molecule has 0 radical (unpaired) electrons. The first-order valence-electron chi connectivity index (χ1n) is 6.41. The monoisotopic (exact) mass is 298 g/mol. The van der Waals surface area contributed by atoms with Crippen LogP contribution < -0.4 is 14.8 Å². The summed E-state index contributed by atoms with van der Waals surface area (Å²) < 4.78 is 32.2. The third kappa shape index (κ3) is 3.10. The molecule has 2 rings (SSSR count).